The summed E-state index contributed by atoms with van der Waals surface area (Å²) in [6.45, 7) is 3.37. The second-order valence-electron chi connectivity index (χ2n) is 3.25. The number of rotatable bonds is 2. The first kappa shape index (κ1) is 9.30. The van der Waals surface area contributed by atoms with Gasteiger partial charge in [-0.2, -0.15) is 0 Å². The topological polar surface area (TPSA) is 26.3 Å². The summed E-state index contributed by atoms with van der Waals surface area (Å²) in [6, 6.07) is 0. The molecule has 0 heterocycles. The van der Waals surface area contributed by atoms with Crippen molar-refractivity contribution in [3.05, 3.63) is 12.7 Å². The number of hydrogen-bond donors (Lipinski definition) is 0. The van der Waals surface area contributed by atoms with Crippen LogP contribution in [0.1, 0.15) is 38.5 Å². The molecule has 1 aliphatic carbocycles. The maximum Gasteiger partial charge on any atom is 0.330 e. The van der Waals surface area contributed by atoms with Crippen molar-refractivity contribution < 1.29 is 9.53 Å². The summed E-state index contributed by atoms with van der Waals surface area (Å²) < 4.78 is 5.16. The average Bonchev–Trinajstić information content (AvgIpc) is 2.33. The number of esters is 1. The van der Waals surface area contributed by atoms with E-state index in [-0.39, 0.29) is 12.1 Å². The van der Waals surface area contributed by atoms with Crippen molar-refractivity contribution in [2.45, 2.75) is 44.6 Å². The third-order valence-electron chi connectivity index (χ3n) is 2.25. The molecule has 0 unspecified atom stereocenters. The number of carbonyl (C=O) groups is 1. The molecule has 1 aliphatic rings. The molecule has 2 heteroatoms. The summed E-state index contributed by atoms with van der Waals surface area (Å²) in [4.78, 5) is 10.9. The predicted molar refractivity (Wildman–Crippen MR) is 47.8 cm³/mol. The lowest BCUT2D eigenvalue weighted by Crippen LogP contribution is -2.15. The standard InChI is InChI=1S/C10H16O2/c1-2-10(11)12-9-7-5-3-4-6-8-9/h2,9H,1,3-8H2. The quantitative estimate of drug-likeness (QED) is 0.359. The smallest absolute Gasteiger partial charge is 0.330 e. The van der Waals surface area contributed by atoms with Gasteiger partial charge in [0.25, 0.3) is 0 Å². The molecular formula is C10H16O2. The lowest BCUT2D eigenvalue weighted by molar-refractivity contribution is -0.143. The molecule has 1 saturated carbocycles. The van der Waals surface area contributed by atoms with Gasteiger partial charge in [0.15, 0.2) is 0 Å². The van der Waals surface area contributed by atoms with E-state index in [4.69, 9.17) is 4.74 Å². The van der Waals surface area contributed by atoms with Gasteiger partial charge in [-0.15, -0.1) is 0 Å². The number of carbonyl (C=O) groups excluding carboxylic acids is 1. The van der Waals surface area contributed by atoms with E-state index in [2.05, 4.69) is 6.58 Å². The Bertz CT molecular complexity index is 155. The van der Waals surface area contributed by atoms with Crippen LogP contribution in [0.5, 0.6) is 0 Å². The molecule has 0 aromatic carbocycles. The Hall–Kier alpha value is -0.790. The van der Waals surface area contributed by atoms with Crippen molar-refractivity contribution in [1.29, 1.82) is 0 Å². The number of ether oxygens (including phenoxy) is 1. The summed E-state index contributed by atoms with van der Waals surface area (Å²) in [5.74, 6) is -0.276. The highest BCUT2D eigenvalue weighted by Crippen LogP contribution is 2.19. The van der Waals surface area contributed by atoms with Gasteiger partial charge in [-0.25, -0.2) is 4.79 Å². The van der Waals surface area contributed by atoms with Crippen LogP contribution in [-0.4, -0.2) is 12.1 Å². The van der Waals surface area contributed by atoms with Crippen molar-refractivity contribution >= 4 is 5.97 Å². The van der Waals surface area contributed by atoms with E-state index >= 15 is 0 Å². The minimum absolute atomic E-state index is 0.151. The Labute approximate surface area is 73.6 Å². The highest BCUT2D eigenvalue weighted by molar-refractivity contribution is 5.81. The van der Waals surface area contributed by atoms with Crippen molar-refractivity contribution in [1.82, 2.24) is 0 Å². The molecule has 0 bridgehead atoms. The van der Waals surface area contributed by atoms with Crippen LogP contribution in [0.4, 0.5) is 0 Å². The zero-order chi connectivity index (χ0) is 8.81. The van der Waals surface area contributed by atoms with Crippen LogP contribution in [0, 0.1) is 0 Å². The monoisotopic (exact) mass is 168 g/mol. The number of hydrogen-bond acceptors (Lipinski definition) is 2. The van der Waals surface area contributed by atoms with E-state index in [1.165, 1.54) is 31.8 Å². The van der Waals surface area contributed by atoms with Crippen molar-refractivity contribution in [3.63, 3.8) is 0 Å². The minimum Gasteiger partial charge on any atom is -0.459 e. The molecule has 0 N–H and O–H groups in total. The highest BCUT2D eigenvalue weighted by Gasteiger charge is 2.14. The van der Waals surface area contributed by atoms with E-state index < -0.39 is 0 Å². The van der Waals surface area contributed by atoms with Gasteiger partial charge in [-0.3, -0.25) is 0 Å². The second kappa shape index (κ2) is 4.96. The summed E-state index contributed by atoms with van der Waals surface area (Å²) in [5, 5.41) is 0. The van der Waals surface area contributed by atoms with Crippen LogP contribution in [0.2, 0.25) is 0 Å². The molecule has 12 heavy (non-hydrogen) atoms. The molecule has 0 aromatic rings. The summed E-state index contributed by atoms with van der Waals surface area (Å²) in [6.07, 6.45) is 8.39. The van der Waals surface area contributed by atoms with Gasteiger partial charge in [0.1, 0.15) is 6.10 Å². The molecule has 0 aromatic heterocycles. The first-order valence-electron chi connectivity index (χ1n) is 4.66. The third-order valence-corrected chi connectivity index (χ3v) is 2.25. The van der Waals surface area contributed by atoms with E-state index in [0.29, 0.717) is 0 Å². The predicted octanol–water partition coefficient (Wildman–Crippen LogP) is 2.44. The molecule has 0 radical (unpaired) electrons. The Morgan fingerprint density at radius 2 is 1.83 bits per heavy atom. The fourth-order valence-electron chi connectivity index (χ4n) is 1.57. The Morgan fingerprint density at radius 3 is 2.33 bits per heavy atom. The largest absolute Gasteiger partial charge is 0.459 e. The maximum absolute atomic E-state index is 10.9. The van der Waals surface area contributed by atoms with Gasteiger partial charge in [0, 0.05) is 6.08 Å². The van der Waals surface area contributed by atoms with Gasteiger partial charge >= 0.3 is 5.97 Å². The van der Waals surface area contributed by atoms with Crippen LogP contribution in [0.25, 0.3) is 0 Å². The molecule has 0 aliphatic heterocycles. The van der Waals surface area contributed by atoms with Crippen molar-refractivity contribution in [3.8, 4) is 0 Å². The normalized spacial score (nSPS) is 19.7. The first-order valence-corrected chi connectivity index (χ1v) is 4.66. The van der Waals surface area contributed by atoms with Gasteiger partial charge in [-0.05, 0) is 25.7 Å². The molecule has 1 fully saturated rings. The van der Waals surface area contributed by atoms with Crippen molar-refractivity contribution in [2.24, 2.45) is 0 Å². The van der Waals surface area contributed by atoms with Gasteiger partial charge in [-0.1, -0.05) is 19.4 Å². The summed E-state index contributed by atoms with van der Waals surface area (Å²) in [5.41, 5.74) is 0. The molecular weight excluding hydrogens is 152 g/mol. The zero-order valence-corrected chi connectivity index (χ0v) is 7.42. The highest BCUT2D eigenvalue weighted by atomic mass is 16.5. The third kappa shape index (κ3) is 3.07. The van der Waals surface area contributed by atoms with Gasteiger partial charge < -0.3 is 4.74 Å². The SMILES string of the molecule is C=CC(=O)OC1CCCCCC1. The van der Waals surface area contributed by atoms with Crippen LogP contribution >= 0.6 is 0 Å². The van der Waals surface area contributed by atoms with E-state index in [0.717, 1.165) is 12.8 Å². The minimum atomic E-state index is -0.276. The lowest BCUT2D eigenvalue weighted by atomic mass is 10.1. The Kier molecular flexibility index (Phi) is 3.85. The Morgan fingerprint density at radius 1 is 1.25 bits per heavy atom. The van der Waals surface area contributed by atoms with E-state index in [9.17, 15) is 4.79 Å². The fraction of sp³-hybridized carbons (Fsp3) is 0.700. The Balaban J connectivity index is 2.29. The zero-order valence-electron chi connectivity index (χ0n) is 7.42. The maximum atomic E-state index is 10.9. The molecule has 0 saturated heterocycles. The molecule has 0 atom stereocenters. The lowest BCUT2D eigenvalue weighted by Gasteiger charge is -2.13. The molecule has 0 amide bonds. The molecule has 68 valence electrons. The van der Waals surface area contributed by atoms with Crippen LogP contribution in [0.3, 0.4) is 0 Å². The summed E-state index contributed by atoms with van der Waals surface area (Å²) in [7, 11) is 0. The summed E-state index contributed by atoms with van der Waals surface area (Å²) >= 11 is 0. The van der Waals surface area contributed by atoms with Crippen LogP contribution < -0.4 is 0 Å². The molecule has 0 spiro atoms. The average molecular weight is 168 g/mol. The van der Waals surface area contributed by atoms with Crippen LogP contribution in [0.15, 0.2) is 12.7 Å². The first-order chi connectivity index (χ1) is 5.83. The second-order valence-corrected chi connectivity index (χ2v) is 3.25. The molecule has 1 rings (SSSR count). The van der Waals surface area contributed by atoms with Gasteiger partial charge in [0.2, 0.25) is 0 Å². The van der Waals surface area contributed by atoms with E-state index in [1.807, 2.05) is 0 Å². The fourth-order valence-corrected chi connectivity index (χ4v) is 1.57. The van der Waals surface area contributed by atoms with Gasteiger partial charge in [0.05, 0.1) is 0 Å². The van der Waals surface area contributed by atoms with Crippen molar-refractivity contribution in [2.75, 3.05) is 0 Å². The van der Waals surface area contributed by atoms with Crippen LogP contribution in [-0.2, 0) is 9.53 Å². The molecule has 2 nitrogen and oxygen atoms in total. The van der Waals surface area contributed by atoms with E-state index in [1.54, 1.807) is 0 Å².